The largest absolute Gasteiger partial charge is 0.490 e. The van der Waals surface area contributed by atoms with Crippen LogP contribution in [0.25, 0.3) is 11.0 Å². The van der Waals surface area contributed by atoms with Gasteiger partial charge < -0.3 is 23.9 Å². The van der Waals surface area contributed by atoms with Gasteiger partial charge in [0.25, 0.3) is 5.91 Å². The van der Waals surface area contributed by atoms with Crippen molar-refractivity contribution in [3.63, 3.8) is 0 Å². The van der Waals surface area contributed by atoms with Gasteiger partial charge in [0.1, 0.15) is 17.9 Å². The van der Waals surface area contributed by atoms with Gasteiger partial charge in [-0.1, -0.05) is 48.0 Å². The summed E-state index contributed by atoms with van der Waals surface area (Å²) in [4.78, 5) is 13.2. The van der Waals surface area contributed by atoms with Crippen LogP contribution in [0.1, 0.15) is 22.5 Å². The molecular weight excluding hydrogens is 430 g/mol. The fraction of sp³-hybridized carbons (Fsp3) is 0.160. The lowest BCUT2D eigenvalue weighted by Crippen LogP contribution is -2.14. The number of hydrogen-bond acceptors (Lipinski definition) is 5. The lowest BCUT2D eigenvalue weighted by Gasteiger charge is -2.12. The van der Waals surface area contributed by atoms with E-state index in [1.807, 2.05) is 54.6 Å². The number of para-hydroxylation sites is 2. The van der Waals surface area contributed by atoms with Crippen LogP contribution in [0.5, 0.6) is 17.2 Å². The second kappa shape index (κ2) is 8.85. The molecule has 0 aliphatic carbocycles. The van der Waals surface area contributed by atoms with Crippen molar-refractivity contribution in [1.82, 2.24) is 0 Å². The highest BCUT2D eigenvalue weighted by molar-refractivity contribution is 6.34. The smallest absolute Gasteiger partial charge is 0.291 e. The first kappa shape index (κ1) is 20.3. The molecule has 1 N–H and O–H groups in total. The molecule has 1 amide bonds. The molecule has 0 bridgehead atoms. The number of carbonyl (C=O) groups is 1. The molecule has 4 aromatic rings. The molecule has 5 rings (SSSR count). The molecule has 1 aromatic heterocycles. The quantitative estimate of drug-likeness (QED) is 0.400. The Kier molecular flexibility index (Phi) is 5.60. The van der Waals surface area contributed by atoms with Crippen LogP contribution in [0.15, 0.2) is 71.1 Å². The summed E-state index contributed by atoms with van der Waals surface area (Å²) in [5.41, 5.74) is 1.68. The third kappa shape index (κ3) is 4.09. The molecule has 162 valence electrons. The summed E-state index contributed by atoms with van der Waals surface area (Å²) in [6.07, 6.45) is 0.776. The molecule has 32 heavy (non-hydrogen) atoms. The van der Waals surface area contributed by atoms with Crippen molar-refractivity contribution in [2.45, 2.75) is 13.0 Å². The zero-order valence-electron chi connectivity index (χ0n) is 17.1. The third-order valence-electron chi connectivity index (χ3n) is 5.12. The van der Waals surface area contributed by atoms with Crippen LogP contribution in [0.4, 0.5) is 5.69 Å². The van der Waals surface area contributed by atoms with Gasteiger partial charge in [-0.2, -0.15) is 0 Å². The van der Waals surface area contributed by atoms with Crippen LogP contribution in [-0.2, 0) is 6.61 Å². The second-order valence-corrected chi connectivity index (χ2v) is 7.70. The SMILES string of the molecule is O=C(Nc1cc2c(cc1Cl)OCCCO2)c1oc2ccccc2c1COc1ccccc1. The molecule has 2 heterocycles. The average Bonchev–Trinajstić information content (AvgIpc) is 3.04. The number of benzene rings is 3. The highest BCUT2D eigenvalue weighted by atomic mass is 35.5. The van der Waals surface area contributed by atoms with Crippen LogP contribution < -0.4 is 19.5 Å². The molecule has 0 unspecified atom stereocenters. The molecule has 0 spiro atoms. The number of nitrogens with one attached hydrogen (secondary N) is 1. The lowest BCUT2D eigenvalue weighted by molar-refractivity contribution is 0.0995. The normalized spacial score (nSPS) is 12.9. The topological polar surface area (TPSA) is 69.9 Å². The predicted molar refractivity (Wildman–Crippen MR) is 122 cm³/mol. The van der Waals surface area contributed by atoms with Crippen LogP contribution >= 0.6 is 11.6 Å². The lowest BCUT2D eigenvalue weighted by atomic mass is 10.1. The number of rotatable bonds is 5. The molecule has 0 atom stereocenters. The van der Waals surface area contributed by atoms with E-state index < -0.39 is 5.91 Å². The number of anilines is 1. The van der Waals surface area contributed by atoms with Gasteiger partial charge in [0.15, 0.2) is 17.3 Å². The molecule has 6 nitrogen and oxygen atoms in total. The molecule has 0 radical (unpaired) electrons. The van der Waals surface area contributed by atoms with Gasteiger partial charge in [-0.05, 0) is 18.2 Å². The molecule has 0 saturated carbocycles. The van der Waals surface area contributed by atoms with Gasteiger partial charge >= 0.3 is 0 Å². The average molecular weight is 450 g/mol. The van der Waals surface area contributed by atoms with Gasteiger partial charge in [0.05, 0.1) is 23.9 Å². The van der Waals surface area contributed by atoms with Crippen molar-refractivity contribution in [2.24, 2.45) is 0 Å². The summed E-state index contributed by atoms with van der Waals surface area (Å²) < 4.78 is 23.2. The number of fused-ring (bicyclic) bond motifs is 2. The van der Waals surface area contributed by atoms with Crippen molar-refractivity contribution in [3.05, 3.63) is 83.1 Å². The van der Waals surface area contributed by atoms with E-state index in [1.165, 1.54) is 0 Å². The minimum atomic E-state index is -0.427. The highest BCUT2D eigenvalue weighted by Crippen LogP contribution is 2.38. The van der Waals surface area contributed by atoms with Crippen molar-refractivity contribution in [2.75, 3.05) is 18.5 Å². The summed E-state index contributed by atoms with van der Waals surface area (Å²) in [6.45, 7) is 1.27. The van der Waals surface area contributed by atoms with Crippen molar-refractivity contribution < 1.29 is 23.4 Å². The van der Waals surface area contributed by atoms with Crippen molar-refractivity contribution in [1.29, 1.82) is 0 Å². The second-order valence-electron chi connectivity index (χ2n) is 7.29. The fourth-order valence-corrected chi connectivity index (χ4v) is 3.76. The molecule has 1 aliphatic rings. The van der Waals surface area contributed by atoms with Gasteiger partial charge in [-0.25, -0.2) is 0 Å². The molecule has 1 aliphatic heterocycles. The summed E-state index contributed by atoms with van der Waals surface area (Å²) >= 11 is 6.40. The van der Waals surface area contributed by atoms with Gasteiger partial charge in [0, 0.05) is 29.5 Å². The number of furan rings is 1. The first-order chi connectivity index (χ1) is 15.7. The number of ether oxygens (including phenoxy) is 3. The Hall–Kier alpha value is -3.64. The van der Waals surface area contributed by atoms with Gasteiger partial charge in [-0.3, -0.25) is 4.79 Å². The highest BCUT2D eigenvalue weighted by Gasteiger charge is 2.23. The van der Waals surface area contributed by atoms with E-state index in [1.54, 1.807) is 12.1 Å². The molecular formula is C25H20ClNO5. The first-order valence-corrected chi connectivity index (χ1v) is 10.7. The van der Waals surface area contributed by atoms with Gasteiger partial charge in [0.2, 0.25) is 0 Å². The zero-order valence-corrected chi connectivity index (χ0v) is 17.9. The predicted octanol–water partition coefficient (Wildman–Crippen LogP) is 6.08. The van der Waals surface area contributed by atoms with E-state index in [2.05, 4.69) is 5.32 Å². The molecule has 0 fully saturated rings. The van der Waals surface area contributed by atoms with E-state index in [4.69, 9.17) is 30.2 Å². The number of amides is 1. The fourth-order valence-electron chi connectivity index (χ4n) is 3.56. The Morgan fingerprint density at radius 1 is 0.969 bits per heavy atom. The minimum Gasteiger partial charge on any atom is -0.490 e. The molecule has 7 heteroatoms. The maximum Gasteiger partial charge on any atom is 0.291 e. The number of hydrogen-bond donors (Lipinski definition) is 1. The van der Waals surface area contributed by atoms with E-state index in [9.17, 15) is 4.79 Å². The summed E-state index contributed by atoms with van der Waals surface area (Å²) in [7, 11) is 0. The summed E-state index contributed by atoms with van der Waals surface area (Å²) in [5, 5.41) is 4.01. The Morgan fingerprint density at radius 3 is 2.50 bits per heavy atom. The third-order valence-corrected chi connectivity index (χ3v) is 5.43. The monoisotopic (exact) mass is 449 g/mol. The summed E-state index contributed by atoms with van der Waals surface area (Å²) in [5.74, 6) is 1.55. The Labute approximate surface area is 189 Å². The van der Waals surface area contributed by atoms with E-state index >= 15 is 0 Å². The Morgan fingerprint density at radius 2 is 1.69 bits per heavy atom. The van der Waals surface area contributed by atoms with Crippen LogP contribution in [0.2, 0.25) is 5.02 Å². The standard InChI is InChI=1S/C25H20ClNO5/c26-19-13-22-23(30-12-6-11-29-22)14-20(19)27-25(28)24-18(15-31-16-7-2-1-3-8-16)17-9-4-5-10-21(17)32-24/h1-5,7-10,13-14H,6,11-12,15H2,(H,27,28). The van der Waals surface area contributed by atoms with Crippen LogP contribution in [0, 0.1) is 0 Å². The van der Waals surface area contributed by atoms with Gasteiger partial charge in [-0.15, -0.1) is 0 Å². The van der Waals surface area contributed by atoms with E-state index in [0.29, 0.717) is 52.3 Å². The first-order valence-electron chi connectivity index (χ1n) is 10.3. The number of carbonyl (C=O) groups excluding carboxylic acids is 1. The van der Waals surface area contributed by atoms with E-state index in [-0.39, 0.29) is 12.4 Å². The van der Waals surface area contributed by atoms with Crippen LogP contribution in [0.3, 0.4) is 0 Å². The molecule has 0 saturated heterocycles. The summed E-state index contributed by atoms with van der Waals surface area (Å²) in [6, 6.07) is 20.2. The number of halogens is 1. The van der Waals surface area contributed by atoms with Crippen molar-refractivity contribution in [3.8, 4) is 17.2 Å². The minimum absolute atomic E-state index is 0.172. The molecule has 3 aromatic carbocycles. The Bertz CT molecular complexity index is 1270. The Balaban J connectivity index is 1.45. The maximum absolute atomic E-state index is 13.2. The van der Waals surface area contributed by atoms with Crippen LogP contribution in [-0.4, -0.2) is 19.1 Å². The van der Waals surface area contributed by atoms with Crippen molar-refractivity contribution >= 4 is 34.2 Å². The maximum atomic E-state index is 13.2. The van der Waals surface area contributed by atoms with E-state index in [0.717, 1.165) is 11.8 Å². The zero-order chi connectivity index (χ0) is 21.9.